The van der Waals surface area contributed by atoms with Gasteiger partial charge >= 0.3 is 6.43 Å². The molecule has 1 aromatic heterocycles. The zero-order valence-electron chi connectivity index (χ0n) is 20.2. The van der Waals surface area contributed by atoms with Gasteiger partial charge in [-0.1, -0.05) is 69.8 Å². The zero-order valence-corrected chi connectivity index (χ0v) is 20.2. The quantitative estimate of drug-likeness (QED) is 0.207. The Morgan fingerprint density at radius 1 is 1.06 bits per heavy atom. The second-order valence-corrected chi connectivity index (χ2v) is 6.21. The minimum absolute atomic E-state index is 0.175. The number of pyridine rings is 1. The molecule has 1 heterocycles. The minimum Gasteiger partial charge on any atom is -0.438 e. The van der Waals surface area contributed by atoms with Gasteiger partial charge in [-0.3, -0.25) is 9.98 Å². The first kappa shape index (κ1) is 31.0. The third-order valence-corrected chi connectivity index (χ3v) is 3.53. The van der Waals surface area contributed by atoms with Crippen molar-refractivity contribution in [1.82, 2.24) is 4.98 Å². The van der Waals surface area contributed by atoms with Crippen molar-refractivity contribution in [1.29, 1.82) is 0 Å². The Bertz CT molecular complexity index is 802. The summed E-state index contributed by atoms with van der Waals surface area (Å²) in [5, 5.41) is 0. The number of hydrogen-bond donors (Lipinski definition) is 0. The van der Waals surface area contributed by atoms with Gasteiger partial charge in [0.25, 0.3) is 5.90 Å². The molecular formula is C26H37F2N3O. The SMILES string of the molecule is C=C(C)Cc1ccccn1.C=C(OC(=NC)C(F)F)c1ccc(CC)cc1.C=NC.CC. The second kappa shape index (κ2) is 19.8. The summed E-state index contributed by atoms with van der Waals surface area (Å²) in [6, 6.07) is 13.3. The second-order valence-electron chi connectivity index (χ2n) is 6.21. The molecule has 0 atom stereocenters. The van der Waals surface area contributed by atoms with Crippen LogP contribution in [0.2, 0.25) is 0 Å². The fourth-order valence-corrected chi connectivity index (χ4v) is 2.11. The predicted molar refractivity (Wildman–Crippen MR) is 135 cm³/mol. The van der Waals surface area contributed by atoms with Crippen molar-refractivity contribution in [2.75, 3.05) is 14.1 Å². The van der Waals surface area contributed by atoms with Gasteiger partial charge in [0, 0.05) is 38.0 Å². The Balaban J connectivity index is 0. The molecule has 0 fully saturated rings. The predicted octanol–water partition coefficient (Wildman–Crippen LogP) is 7.07. The van der Waals surface area contributed by atoms with E-state index in [-0.39, 0.29) is 5.76 Å². The van der Waals surface area contributed by atoms with Gasteiger partial charge in [0.05, 0.1) is 0 Å². The third kappa shape index (κ3) is 14.8. The molecular weight excluding hydrogens is 408 g/mol. The maximum absolute atomic E-state index is 12.4. The van der Waals surface area contributed by atoms with E-state index in [0.717, 1.165) is 24.1 Å². The number of aryl methyl sites for hydroxylation is 1. The van der Waals surface area contributed by atoms with Crippen LogP contribution >= 0.6 is 0 Å². The number of aliphatic imine (C=N–C) groups is 2. The maximum Gasteiger partial charge on any atom is 0.312 e. The summed E-state index contributed by atoms with van der Waals surface area (Å²) in [6.45, 7) is 18.6. The summed E-state index contributed by atoms with van der Waals surface area (Å²) in [6.07, 6.45) is 0.887. The van der Waals surface area contributed by atoms with Gasteiger partial charge in [0.2, 0.25) is 0 Å². The number of alkyl halides is 2. The molecule has 4 nitrogen and oxygen atoms in total. The molecule has 1 aromatic carbocycles. The first-order valence-corrected chi connectivity index (χ1v) is 10.4. The van der Waals surface area contributed by atoms with E-state index in [4.69, 9.17) is 4.74 Å². The van der Waals surface area contributed by atoms with E-state index in [9.17, 15) is 8.78 Å². The van der Waals surface area contributed by atoms with Crippen molar-refractivity contribution in [3.8, 4) is 0 Å². The van der Waals surface area contributed by atoms with E-state index in [0.29, 0.717) is 5.56 Å². The maximum atomic E-state index is 12.4. The topological polar surface area (TPSA) is 46.8 Å². The van der Waals surface area contributed by atoms with Crippen LogP contribution in [0.3, 0.4) is 0 Å². The smallest absolute Gasteiger partial charge is 0.312 e. The van der Waals surface area contributed by atoms with E-state index < -0.39 is 12.3 Å². The average Bonchev–Trinajstić information content (AvgIpc) is 2.79. The standard InChI is InChI=1S/C13H15F2NO.C9H11N.C2H5N.C2H6/c1-4-10-5-7-11(8-6-10)9(2)17-13(16-3)12(14)15;1-8(2)7-9-5-3-4-6-10-9;1-3-2;1-2/h5-8,12H,2,4H2,1,3H3;3-6H,1,7H2,2H3;1H2,2H3;1-2H3. The van der Waals surface area contributed by atoms with Crippen LogP contribution in [0, 0.1) is 0 Å². The number of nitrogens with zero attached hydrogens (tertiary/aromatic N) is 3. The molecule has 0 aliphatic heterocycles. The number of allylic oxidation sites excluding steroid dienone is 1. The first-order valence-electron chi connectivity index (χ1n) is 10.4. The normalized spacial score (nSPS) is 9.72. The minimum atomic E-state index is -2.73. The van der Waals surface area contributed by atoms with E-state index in [1.165, 1.54) is 12.6 Å². The van der Waals surface area contributed by atoms with Crippen LogP contribution in [0.5, 0.6) is 0 Å². The molecule has 176 valence electrons. The van der Waals surface area contributed by atoms with Crippen molar-refractivity contribution in [3.05, 3.63) is 84.2 Å². The number of ether oxygens (including phenoxy) is 1. The summed E-state index contributed by atoms with van der Waals surface area (Å²) in [5.41, 5.74) is 4.08. The van der Waals surface area contributed by atoms with Crippen LogP contribution in [-0.4, -0.2) is 38.1 Å². The van der Waals surface area contributed by atoms with E-state index in [1.54, 1.807) is 25.4 Å². The van der Waals surface area contributed by atoms with Gasteiger partial charge in [-0.25, -0.2) is 0 Å². The van der Waals surface area contributed by atoms with Crippen LogP contribution < -0.4 is 0 Å². The van der Waals surface area contributed by atoms with Gasteiger partial charge in [0.15, 0.2) is 0 Å². The molecule has 0 saturated carbocycles. The number of halogens is 2. The van der Waals surface area contributed by atoms with Gasteiger partial charge < -0.3 is 9.73 Å². The fourth-order valence-electron chi connectivity index (χ4n) is 2.11. The molecule has 0 aliphatic carbocycles. The molecule has 0 N–H and O–H groups in total. The highest BCUT2D eigenvalue weighted by Crippen LogP contribution is 2.17. The molecule has 2 rings (SSSR count). The lowest BCUT2D eigenvalue weighted by atomic mass is 10.1. The van der Waals surface area contributed by atoms with Crippen LogP contribution in [0.15, 0.2) is 77.4 Å². The molecule has 0 unspecified atom stereocenters. The summed E-state index contributed by atoms with van der Waals surface area (Å²) in [4.78, 5) is 10.8. The van der Waals surface area contributed by atoms with E-state index in [1.807, 2.05) is 58.0 Å². The van der Waals surface area contributed by atoms with Crippen molar-refractivity contribution >= 4 is 18.4 Å². The van der Waals surface area contributed by atoms with Crippen molar-refractivity contribution in [3.63, 3.8) is 0 Å². The van der Waals surface area contributed by atoms with Crippen molar-refractivity contribution in [2.45, 2.75) is 47.0 Å². The molecule has 0 amide bonds. The monoisotopic (exact) mass is 445 g/mol. The van der Waals surface area contributed by atoms with Gasteiger partial charge in [-0.2, -0.15) is 8.78 Å². The molecule has 32 heavy (non-hydrogen) atoms. The number of benzene rings is 1. The molecule has 0 aliphatic rings. The number of rotatable bonds is 6. The number of hydrogen-bond acceptors (Lipinski definition) is 4. The van der Waals surface area contributed by atoms with Crippen LogP contribution in [-0.2, 0) is 17.6 Å². The Morgan fingerprint density at radius 3 is 2.00 bits per heavy atom. The van der Waals surface area contributed by atoms with Crippen molar-refractivity contribution < 1.29 is 13.5 Å². The van der Waals surface area contributed by atoms with Gasteiger partial charge in [0.1, 0.15) is 5.76 Å². The molecule has 0 saturated heterocycles. The van der Waals surface area contributed by atoms with Gasteiger partial charge in [-0.15, -0.1) is 0 Å². The Labute approximate surface area is 192 Å². The Kier molecular flexibility index (Phi) is 19.2. The molecule has 0 spiro atoms. The highest BCUT2D eigenvalue weighted by Gasteiger charge is 2.15. The third-order valence-electron chi connectivity index (χ3n) is 3.53. The first-order chi connectivity index (χ1) is 15.3. The van der Waals surface area contributed by atoms with Crippen LogP contribution in [0.1, 0.15) is 44.5 Å². The summed E-state index contributed by atoms with van der Waals surface area (Å²) >= 11 is 0. The Hall–Kier alpha value is -3.15. The lowest BCUT2D eigenvalue weighted by Gasteiger charge is -2.10. The molecule has 6 heteroatoms. The zero-order chi connectivity index (χ0) is 24.9. The lowest BCUT2D eigenvalue weighted by molar-refractivity contribution is 0.196. The van der Waals surface area contributed by atoms with Crippen molar-refractivity contribution in [2.24, 2.45) is 9.98 Å². The average molecular weight is 446 g/mol. The van der Waals surface area contributed by atoms with Gasteiger partial charge in [-0.05, 0) is 37.8 Å². The van der Waals surface area contributed by atoms with Crippen LogP contribution in [0.4, 0.5) is 8.78 Å². The highest BCUT2D eigenvalue weighted by atomic mass is 19.3. The van der Waals surface area contributed by atoms with E-state index in [2.05, 4.69) is 34.8 Å². The molecule has 0 bridgehead atoms. The summed E-state index contributed by atoms with van der Waals surface area (Å²) < 4.78 is 29.7. The lowest BCUT2D eigenvalue weighted by Crippen LogP contribution is -2.13. The summed E-state index contributed by atoms with van der Waals surface area (Å²) in [7, 11) is 2.90. The molecule has 0 radical (unpaired) electrons. The highest BCUT2D eigenvalue weighted by molar-refractivity contribution is 5.84. The summed E-state index contributed by atoms with van der Waals surface area (Å²) in [5.74, 6) is -0.442. The van der Waals surface area contributed by atoms with Crippen LogP contribution in [0.25, 0.3) is 5.76 Å². The van der Waals surface area contributed by atoms with E-state index >= 15 is 0 Å². The Morgan fingerprint density at radius 2 is 1.62 bits per heavy atom. The molecule has 2 aromatic rings. The largest absolute Gasteiger partial charge is 0.438 e. The number of aromatic nitrogens is 1. The fraction of sp³-hybridized carbons (Fsp3) is 0.346.